The van der Waals surface area contributed by atoms with Gasteiger partial charge in [-0.2, -0.15) is 13.2 Å². The lowest BCUT2D eigenvalue weighted by atomic mass is 10.2. The zero-order valence-electron chi connectivity index (χ0n) is 13.6. The quantitative estimate of drug-likeness (QED) is 0.595. The third-order valence-electron chi connectivity index (χ3n) is 2.62. The van der Waals surface area contributed by atoms with Crippen molar-refractivity contribution in [3.8, 4) is 5.88 Å². The lowest BCUT2D eigenvalue weighted by Gasteiger charge is -2.13. The molecule has 1 heterocycles. The van der Waals surface area contributed by atoms with E-state index < -0.39 is 12.8 Å². The molecule has 0 fully saturated rings. The highest BCUT2D eigenvalue weighted by Crippen LogP contribution is 2.17. The Morgan fingerprint density at radius 2 is 2.09 bits per heavy atom. The molecule has 5 nitrogen and oxygen atoms in total. The second kappa shape index (κ2) is 9.22. The molecule has 0 unspecified atom stereocenters. The first kappa shape index (κ1) is 19.1. The second-order valence-electron chi connectivity index (χ2n) is 5.38. The maximum Gasteiger partial charge on any atom is 0.422 e. The van der Waals surface area contributed by atoms with Crippen LogP contribution in [0.1, 0.15) is 26.3 Å². The summed E-state index contributed by atoms with van der Waals surface area (Å²) < 4.78 is 41.0. The number of aromatic nitrogens is 1. The molecule has 0 saturated carbocycles. The minimum Gasteiger partial charge on any atom is -0.468 e. The van der Waals surface area contributed by atoms with Crippen molar-refractivity contribution >= 4 is 5.96 Å². The lowest BCUT2D eigenvalue weighted by molar-refractivity contribution is -0.154. The predicted octanol–water partition coefficient (Wildman–Crippen LogP) is 2.73. The number of guanidine groups is 1. The SMILES string of the molecule is CCNC(=NCc1ccnc(OCC(F)(F)F)c1)NCC(C)C. The predicted molar refractivity (Wildman–Crippen MR) is 83.4 cm³/mol. The van der Waals surface area contributed by atoms with Crippen LogP contribution in [0.25, 0.3) is 0 Å². The van der Waals surface area contributed by atoms with E-state index in [1.54, 1.807) is 6.07 Å². The van der Waals surface area contributed by atoms with Crippen molar-refractivity contribution in [2.24, 2.45) is 10.9 Å². The second-order valence-corrected chi connectivity index (χ2v) is 5.38. The molecule has 0 atom stereocenters. The summed E-state index contributed by atoms with van der Waals surface area (Å²) in [5, 5.41) is 6.30. The molecule has 0 aromatic carbocycles. The Morgan fingerprint density at radius 1 is 1.35 bits per heavy atom. The molecular weight excluding hydrogens is 309 g/mol. The Bertz CT molecular complexity index is 504. The molecule has 0 aliphatic carbocycles. The maximum atomic E-state index is 12.1. The van der Waals surface area contributed by atoms with Crippen LogP contribution in [0.3, 0.4) is 0 Å². The van der Waals surface area contributed by atoms with Gasteiger partial charge in [0.25, 0.3) is 0 Å². The van der Waals surface area contributed by atoms with Gasteiger partial charge in [0.2, 0.25) is 5.88 Å². The Hall–Kier alpha value is -1.99. The fourth-order valence-electron chi connectivity index (χ4n) is 1.60. The van der Waals surface area contributed by atoms with E-state index in [9.17, 15) is 13.2 Å². The van der Waals surface area contributed by atoms with Crippen LogP contribution in [-0.2, 0) is 6.54 Å². The van der Waals surface area contributed by atoms with E-state index in [2.05, 4.69) is 39.2 Å². The van der Waals surface area contributed by atoms with Crippen molar-refractivity contribution in [2.45, 2.75) is 33.5 Å². The van der Waals surface area contributed by atoms with E-state index in [1.165, 1.54) is 12.3 Å². The molecule has 2 N–H and O–H groups in total. The van der Waals surface area contributed by atoms with Gasteiger partial charge in [0.05, 0.1) is 6.54 Å². The number of hydrogen-bond donors (Lipinski definition) is 2. The van der Waals surface area contributed by atoms with Gasteiger partial charge in [-0.05, 0) is 24.5 Å². The van der Waals surface area contributed by atoms with E-state index >= 15 is 0 Å². The molecule has 0 saturated heterocycles. The van der Waals surface area contributed by atoms with Gasteiger partial charge in [-0.1, -0.05) is 13.8 Å². The summed E-state index contributed by atoms with van der Waals surface area (Å²) in [5.74, 6) is 1.08. The van der Waals surface area contributed by atoms with Crippen LogP contribution in [0.2, 0.25) is 0 Å². The first-order valence-electron chi connectivity index (χ1n) is 7.47. The summed E-state index contributed by atoms with van der Waals surface area (Å²) >= 11 is 0. The molecule has 130 valence electrons. The highest BCUT2D eigenvalue weighted by molar-refractivity contribution is 5.79. The van der Waals surface area contributed by atoms with E-state index in [0.717, 1.165) is 18.7 Å². The average Bonchev–Trinajstić information content (AvgIpc) is 2.47. The van der Waals surface area contributed by atoms with Gasteiger partial charge >= 0.3 is 6.18 Å². The largest absolute Gasteiger partial charge is 0.468 e. The fraction of sp³-hybridized carbons (Fsp3) is 0.600. The maximum absolute atomic E-state index is 12.1. The zero-order valence-corrected chi connectivity index (χ0v) is 13.6. The number of rotatable bonds is 7. The highest BCUT2D eigenvalue weighted by atomic mass is 19.4. The van der Waals surface area contributed by atoms with Gasteiger partial charge in [0.15, 0.2) is 12.6 Å². The summed E-state index contributed by atoms with van der Waals surface area (Å²) in [6, 6.07) is 3.15. The molecule has 0 bridgehead atoms. The van der Waals surface area contributed by atoms with E-state index in [4.69, 9.17) is 0 Å². The number of nitrogens with one attached hydrogen (secondary N) is 2. The third kappa shape index (κ3) is 8.90. The molecule has 0 amide bonds. The molecule has 0 aliphatic heterocycles. The van der Waals surface area contributed by atoms with Gasteiger partial charge in [0, 0.05) is 25.4 Å². The minimum atomic E-state index is -4.38. The number of hydrogen-bond acceptors (Lipinski definition) is 3. The van der Waals surface area contributed by atoms with Crippen molar-refractivity contribution in [2.75, 3.05) is 19.7 Å². The number of pyridine rings is 1. The van der Waals surface area contributed by atoms with Crippen LogP contribution < -0.4 is 15.4 Å². The number of alkyl halides is 3. The molecule has 0 spiro atoms. The van der Waals surface area contributed by atoms with Crippen LogP contribution in [-0.4, -0.2) is 36.8 Å². The molecular formula is C15H23F3N4O. The van der Waals surface area contributed by atoms with Gasteiger partial charge in [0.1, 0.15) is 0 Å². The molecule has 1 aromatic rings. The summed E-state index contributed by atoms with van der Waals surface area (Å²) in [4.78, 5) is 8.16. The standard InChI is InChI=1S/C15H23F3N4O/c1-4-19-14(21-8-11(2)3)22-9-12-5-6-20-13(7-12)23-10-15(16,17)18/h5-7,11H,4,8-10H2,1-3H3,(H2,19,21,22). The number of aliphatic imine (C=N–C) groups is 1. The summed E-state index contributed by atoms with van der Waals surface area (Å²) in [7, 11) is 0. The Labute approximate surface area is 134 Å². The van der Waals surface area contributed by atoms with Gasteiger partial charge in [-0.3, -0.25) is 0 Å². The van der Waals surface area contributed by atoms with Crippen molar-refractivity contribution in [3.63, 3.8) is 0 Å². The van der Waals surface area contributed by atoms with Crippen LogP contribution in [0.4, 0.5) is 13.2 Å². The lowest BCUT2D eigenvalue weighted by Crippen LogP contribution is -2.39. The Balaban J connectivity index is 2.65. The van der Waals surface area contributed by atoms with Crippen LogP contribution in [0, 0.1) is 5.92 Å². The van der Waals surface area contributed by atoms with Crippen LogP contribution >= 0.6 is 0 Å². The van der Waals surface area contributed by atoms with Crippen molar-refractivity contribution < 1.29 is 17.9 Å². The smallest absolute Gasteiger partial charge is 0.422 e. The van der Waals surface area contributed by atoms with Crippen LogP contribution in [0.5, 0.6) is 5.88 Å². The van der Waals surface area contributed by atoms with Gasteiger partial charge < -0.3 is 15.4 Å². The monoisotopic (exact) mass is 332 g/mol. The first-order valence-corrected chi connectivity index (χ1v) is 7.47. The number of halogens is 3. The summed E-state index contributed by atoms with van der Waals surface area (Å²) in [6.45, 7) is 6.60. The first-order chi connectivity index (χ1) is 10.8. The summed E-state index contributed by atoms with van der Waals surface area (Å²) in [6.07, 6.45) is -2.97. The average molecular weight is 332 g/mol. The molecule has 1 rings (SSSR count). The molecule has 8 heteroatoms. The van der Waals surface area contributed by atoms with E-state index in [1.807, 2.05) is 6.92 Å². The van der Waals surface area contributed by atoms with Crippen molar-refractivity contribution in [1.29, 1.82) is 0 Å². The van der Waals surface area contributed by atoms with E-state index in [0.29, 0.717) is 18.4 Å². The minimum absolute atomic E-state index is 0.0600. The third-order valence-corrected chi connectivity index (χ3v) is 2.62. The van der Waals surface area contributed by atoms with Crippen molar-refractivity contribution in [1.82, 2.24) is 15.6 Å². The Kier molecular flexibility index (Phi) is 7.64. The zero-order chi connectivity index (χ0) is 17.3. The number of ether oxygens (including phenoxy) is 1. The van der Waals surface area contributed by atoms with E-state index in [-0.39, 0.29) is 5.88 Å². The molecule has 23 heavy (non-hydrogen) atoms. The summed E-state index contributed by atoms with van der Waals surface area (Å²) in [5.41, 5.74) is 0.721. The topological polar surface area (TPSA) is 58.5 Å². The fourth-order valence-corrected chi connectivity index (χ4v) is 1.60. The van der Waals surface area contributed by atoms with Gasteiger partial charge in [-0.25, -0.2) is 9.98 Å². The number of nitrogens with zero attached hydrogens (tertiary/aromatic N) is 2. The van der Waals surface area contributed by atoms with Crippen molar-refractivity contribution in [3.05, 3.63) is 23.9 Å². The molecule has 0 radical (unpaired) electrons. The molecule has 1 aromatic heterocycles. The van der Waals surface area contributed by atoms with Gasteiger partial charge in [-0.15, -0.1) is 0 Å². The van der Waals surface area contributed by atoms with Crippen LogP contribution in [0.15, 0.2) is 23.3 Å². The Morgan fingerprint density at radius 3 is 2.70 bits per heavy atom. The highest BCUT2D eigenvalue weighted by Gasteiger charge is 2.28. The normalized spacial score (nSPS) is 12.4. The molecule has 0 aliphatic rings.